The number of nitrogens with one attached hydrogen (secondary N) is 1. The lowest BCUT2D eigenvalue weighted by atomic mass is 10.4. The Morgan fingerprint density at radius 2 is 1.43 bits per heavy atom. The molecule has 0 aromatic carbocycles. The van der Waals surface area contributed by atoms with Crippen LogP contribution >= 0.6 is 62.3 Å². The van der Waals surface area contributed by atoms with Crippen LogP contribution in [-0.4, -0.2) is 61.3 Å². The van der Waals surface area contributed by atoms with Gasteiger partial charge in [0.25, 0.3) is 5.56 Å². The Kier molecular flexibility index (Phi) is 14.8. The predicted molar refractivity (Wildman–Crippen MR) is 170 cm³/mol. The number of hydrogen-bond donors (Lipinski definition) is 1. The van der Waals surface area contributed by atoms with Crippen molar-refractivity contribution in [3.05, 3.63) is 78.5 Å². The van der Waals surface area contributed by atoms with Gasteiger partial charge in [-0.1, -0.05) is 52.3 Å². The molecule has 230 valence electrons. The Bertz CT molecular complexity index is 1760. The van der Waals surface area contributed by atoms with E-state index in [-0.39, 0.29) is 58.8 Å². The van der Waals surface area contributed by atoms with Gasteiger partial charge in [0.15, 0.2) is 29.6 Å². The standard InChI is InChI=1S/C14H11Cl2N3O3.C11H9Cl2N3O3.C2HBr/c1-3-5-22-12-7-11(14(20)21-4-2)19(18-12)13-10(16)6-9(15)8-17-13;1-2-19-11(18)8-4-9(17)15-16(8)10-7(13)3-6(12)5-14-10;1-2-3/h1,6-8H,4-5H2,2H3;3-5H,2H2,1H3,(H,15,17);1H. The molecule has 12 nitrogen and oxygen atoms in total. The van der Waals surface area contributed by atoms with Crippen molar-refractivity contribution in [3.8, 4) is 41.1 Å². The van der Waals surface area contributed by atoms with Gasteiger partial charge in [-0.2, -0.15) is 0 Å². The fourth-order valence-electron chi connectivity index (χ4n) is 3.11. The lowest BCUT2D eigenvalue weighted by molar-refractivity contribution is 0.0506. The zero-order valence-electron chi connectivity index (χ0n) is 22.8. The van der Waals surface area contributed by atoms with Crippen molar-refractivity contribution >= 4 is 74.3 Å². The topological polar surface area (TPSA) is 143 Å². The molecule has 4 heterocycles. The molecule has 0 aliphatic carbocycles. The molecule has 0 aliphatic heterocycles. The van der Waals surface area contributed by atoms with E-state index in [2.05, 4.69) is 53.3 Å². The van der Waals surface area contributed by atoms with Gasteiger partial charge in [-0.15, -0.1) is 17.9 Å². The highest BCUT2D eigenvalue weighted by Gasteiger charge is 2.21. The van der Waals surface area contributed by atoms with E-state index in [4.69, 9.17) is 67.0 Å². The molecule has 0 fully saturated rings. The minimum atomic E-state index is -0.645. The van der Waals surface area contributed by atoms with Gasteiger partial charge < -0.3 is 14.2 Å². The van der Waals surface area contributed by atoms with Crippen LogP contribution < -0.4 is 10.3 Å². The van der Waals surface area contributed by atoms with Gasteiger partial charge in [0.2, 0.25) is 5.88 Å². The van der Waals surface area contributed by atoms with Gasteiger partial charge in [-0.25, -0.2) is 28.9 Å². The first kappa shape index (κ1) is 36.2. The molecule has 0 saturated heterocycles. The quantitative estimate of drug-likeness (QED) is 0.175. The summed E-state index contributed by atoms with van der Waals surface area (Å²) in [6, 6.07) is 5.47. The number of aromatic nitrogens is 6. The molecule has 0 atom stereocenters. The van der Waals surface area contributed by atoms with Crippen LogP contribution in [0.5, 0.6) is 5.88 Å². The van der Waals surface area contributed by atoms with E-state index in [1.807, 2.05) is 0 Å². The van der Waals surface area contributed by atoms with E-state index in [1.54, 1.807) is 13.8 Å². The van der Waals surface area contributed by atoms with E-state index in [1.165, 1.54) is 40.0 Å². The summed E-state index contributed by atoms with van der Waals surface area (Å²) in [4.78, 5) is 45.3. The number of ether oxygens (including phenoxy) is 3. The normalized spacial score (nSPS) is 9.75. The largest absolute Gasteiger partial charge is 0.463 e. The minimum absolute atomic E-state index is 0.0149. The maximum atomic E-state index is 12.0. The first-order valence-electron chi connectivity index (χ1n) is 12.0. The molecule has 0 bridgehead atoms. The van der Waals surface area contributed by atoms with Crippen LogP contribution in [0.3, 0.4) is 0 Å². The average molecular weight is 747 g/mol. The molecular weight excluding hydrogens is 726 g/mol. The summed E-state index contributed by atoms with van der Waals surface area (Å²) in [5.41, 5.74) is -0.329. The molecule has 4 aromatic rings. The molecule has 0 aliphatic rings. The zero-order valence-corrected chi connectivity index (χ0v) is 27.4. The molecule has 0 spiro atoms. The number of hydrogen-bond acceptors (Lipinski definition) is 9. The number of pyridine rings is 2. The van der Waals surface area contributed by atoms with E-state index >= 15 is 0 Å². The Morgan fingerprint density at radius 1 is 0.909 bits per heavy atom. The van der Waals surface area contributed by atoms with Crippen molar-refractivity contribution < 1.29 is 23.8 Å². The molecular formula is C27H21BrCl4N6O6. The van der Waals surface area contributed by atoms with Crippen LogP contribution in [0.1, 0.15) is 34.8 Å². The van der Waals surface area contributed by atoms with E-state index in [0.29, 0.717) is 10.0 Å². The van der Waals surface area contributed by atoms with Crippen molar-refractivity contribution in [2.24, 2.45) is 0 Å². The first-order valence-corrected chi connectivity index (χ1v) is 14.3. The SMILES string of the molecule is C#CBr.C#CCOc1cc(C(=O)OCC)n(-c2ncc(Cl)cc2Cl)n1.CCOC(=O)c1cc(=O)[nH]n1-c1ncc(Cl)cc1Cl. The van der Waals surface area contributed by atoms with Crippen LogP contribution in [0.2, 0.25) is 20.1 Å². The molecule has 0 saturated carbocycles. The number of H-pyrrole nitrogens is 1. The Hall–Kier alpha value is -3.98. The molecule has 0 amide bonds. The van der Waals surface area contributed by atoms with E-state index < -0.39 is 17.5 Å². The van der Waals surface area contributed by atoms with Crippen LogP contribution in [0, 0.1) is 23.6 Å². The number of rotatable bonds is 8. The number of aromatic amines is 1. The van der Waals surface area contributed by atoms with Gasteiger partial charge in [0.1, 0.15) is 0 Å². The lowest BCUT2D eigenvalue weighted by Crippen LogP contribution is -2.13. The Labute approximate surface area is 279 Å². The fraction of sp³-hybridized carbons (Fsp3) is 0.185. The molecule has 4 aromatic heterocycles. The van der Waals surface area contributed by atoms with Gasteiger partial charge in [-0.05, 0) is 30.8 Å². The van der Waals surface area contributed by atoms with Crippen LogP contribution in [0.4, 0.5) is 0 Å². The maximum Gasteiger partial charge on any atom is 0.357 e. The summed E-state index contributed by atoms with van der Waals surface area (Å²) in [6.07, 6.45) is 12.4. The second-order valence-electron chi connectivity index (χ2n) is 7.58. The number of carbonyl (C=O) groups excluding carboxylic acids is 2. The monoisotopic (exact) mass is 744 g/mol. The third-order valence-corrected chi connectivity index (χ3v) is 5.65. The van der Waals surface area contributed by atoms with Crippen molar-refractivity contribution in [1.29, 1.82) is 0 Å². The fourth-order valence-corrected chi connectivity index (χ4v) is 4.03. The van der Waals surface area contributed by atoms with E-state index in [9.17, 15) is 14.4 Å². The third kappa shape index (κ3) is 10.0. The smallest absolute Gasteiger partial charge is 0.357 e. The number of halogens is 5. The molecule has 1 N–H and O–H groups in total. The van der Waals surface area contributed by atoms with Gasteiger partial charge in [0, 0.05) is 40.5 Å². The highest BCUT2D eigenvalue weighted by Crippen LogP contribution is 2.25. The summed E-state index contributed by atoms with van der Waals surface area (Å²) in [7, 11) is 0. The second kappa shape index (κ2) is 18.0. The number of carbonyl (C=O) groups is 2. The molecule has 0 unspecified atom stereocenters. The molecule has 4 rings (SSSR count). The number of esters is 2. The summed E-state index contributed by atoms with van der Waals surface area (Å²) >= 11 is 26.3. The van der Waals surface area contributed by atoms with Crippen LogP contribution in [0.25, 0.3) is 11.6 Å². The lowest BCUT2D eigenvalue weighted by Gasteiger charge is -2.08. The zero-order chi connectivity index (χ0) is 32.8. The molecule has 0 radical (unpaired) electrons. The minimum Gasteiger partial charge on any atom is -0.463 e. The number of nitrogens with zero attached hydrogens (tertiary/aromatic N) is 5. The highest BCUT2D eigenvalue weighted by molar-refractivity contribution is 9.12. The maximum absolute atomic E-state index is 12.0. The van der Waals surface area contributed by atoms with Crippen LogP contribution in [0.15, 0.2) is 41.5 Å². The van der Waals surface area contributed by atoms with Gasteiger partial charge in [-0.3, -0.25) is 9.89 Å². The van der Waals surface area contributed by atoms with Gasteiger partial charge >= 0.3 is 11.9 Å². The summed E-state index contributed by atoms with van der Waals surface area (Å²) in [5.74, 6) is 1.66. The first-order chi connectivity index (χ1) is 21.0. The number of terminal acetylenes is 2. The van der Waals surface area contributed by atoms with Crippen LogP contribution in [-0.2, 0) is 9.47 Å². The van der Waals surface area contributed by atoms with Crippen molar-refractivity contribution in [3.63, 3.8) is 0 Å². The Morgan fingerprint density at radius 3 is 1.93 bits per heavy atom. The van der Waals surface area contributed by atoms with Crippen molar-refractivity contribution in [2.75, 3.05) is 19.8 Å². The summed E-state index contributed by atoms with van der Waals surface area (Å²) in [6.45, 7) is 3.79. The average Bonchev–Trinajstić information content (AvgIpc) is 3.57. The molecule has 17 heteroatoms. The Balaban J connectivity index is 0.000000284. The van der Waals surface area contributed by atoms with Crippen molar-refractivity contribution in [1.82, 2.24) is 29.5 Å². The molecule has 44 heavy (non-hydrogen) atoms. The predicted octanol–water partition coefficient (Wildman–Crippen LogP) is 5.78. The highest BCUT2D eigenvalue weighted by atomic mass is 79.9. The van der Waals surface area contributed by atoms with Gasteiger partial charge in [0.05, 0.1) is 33.3 Å². The summed E-state index contributed by atoms with van der Waals surface area (Å²) in [5, 5.41) is 7.69. The third-order valence-electron chi connectivity index (χ3n) is 4.68. The second-order valence-corrected chi connectivity index (χ2v) is 9.73. The van der Waals surface area contributed by atoms with E-state index in [0.717, 1.165) is 6.07 Å². The summed E-state index contributed by atoms with van der Waals surface area (Å²) < 4.78 is 17.4. The van der Waals surface area contributed by atoms with Crippen molar-refractivity contribution in [2.45, 2.75) is 13.8 Å².